The minimum atomic E-state index is -4.53. The molecule has 0 bridgehead atoms. The fraction of sp³-hybridized carbons (Fsp3) is 0.150. The number of aromatic amines is 1. The fourth-order valence-corrected chi connectivity index (χ4v) is 2.61. The van der Waals surface area contributed by atoms with Gasteiger partial charge in [-0.2, -0.15) is 13.2 Å². The molecule has 3 aromatic rings. The van der Waals surface area contributed by atoms with Crippen molar-refractivity contribution < 1.29 is 22.8 Å². The first kappa shape index (κ1) is 19.3. The zero-order valence-corrected chi connectivity index (χ0v) is 14.6. The van der Waals surface area contributed by atoms with Crippen molar-refractivity contribution in [3.8, 4) is 0 Å². The van der Waals surface area contributed by atoms with Crippen LogP contribution in [-0.2, 0) is 12.6 Å². The number of alkyl halides is 3. The second kappa shape index (κ2) is 8.08. The van der Waals surface area contributed by atoms with Crippen LogP contribution >= 0.6 is 0 Å². The van der Waals surface area contributed by atoms with Crippen LogP contribution < -0.4 is 5.32 Å². The van der Waals surface area contributed by atoms with E-state index in [0.29, 0.717) is 13.0 Å². The number of pyridine rings is 1. The first-order chi connectivity index (χ1) is 13.3. The maximum atomic E-state index is 12.8. The molecule has 28 heavy (non-hydrogen) atoms. The van der Waals surface area contributed by atoms with Gasteiger partial charge in [0.25, 0.3) is 5.91 Å². The van der Waals surface area contributed by atoms with Gasteiger partial charge in [0, 0.05) is 42.2 Å². The van der Waals surface area contributed by atoms with Gasteiger partial charge in [0.15, 0.2) is 5.78 Å². The van der Waals surface area contributed by atoms with Gasteiger partial charge in [0.1, 0.15) is 5.69 Å². The molecule has 0 saturated heterocycles. The molecule has 2 N–H and O–H groups in total. The Bertz CT molecular complexity index is 982. The van der Waals surface area contributed by atoms with Gasteiger partial charge < -0.3 is 10.3 Å². The average molecular weight is 387 g/mol. The van der Waals surface area contributed by atoms with Gasteiger partial charge in [-0.3, -0.25) is 14.6 Å². The molecule has 2 aromatic heterocycles. The monoisotopic (exact) mass is 387 g/mol. The second-order valence-electron chi connectivity index (χ2n) is 6.04. The highest BCUT2D eigenvalue weighted by Crippen LogP contribution is 2.30. The van der Waals surface area contributed by atoms with Gasteiger partial charge in [-0.1, -0.05) is 18.2 Å². The van der Waals surface area contributed by atoms with Crippen molar-refractivity contribution in [2.45, 2.75) is 12.6 Å². The van der Waals surface area contributed by atoms with Crippen molar-refractivity contribution in [1.29, 1.82) is 0 Å². The van der Waals surface area contributed by atoms with Crippen LogP contribution in [0.25, 0.3) is 0 Å². The van der Waals surface area contributed by atoms with Crippen molar-refractivity contribution in [1.82, 2.24) is 15.3 Å². The molecule has 0 spiro atoms. The number of benzene rings is 1. The van der Waals surface area contributed by atoms with E-state index < -0.39 is 23.4 Å². The molecule has 3 rings (SSSR count). The molecular weight excluding hydrogens is 371 g/mol. The number of ketones is 1. The first-order valence-electron chi connectivity index (χ1n) is 8.43. The fourth-order valence-electron chi connectivity index (χ4n) is 2.61. The summed E-state index contributed by atoms with van der Waals surface area (Å²) in [4.78, 5) is 31.4. The van der Waals surface area contributed by atoms with Crippen LogP contribution in [0.5, 0.6) is 0 Å². The molecule has 0 saturated carbocycles. The van der Waals surface area contributed by atoms with Crippen LogP contribution in [0.3, 0.4) is 0 Å². The number of nitrogens with one attached hydrogen (secondary N) is 2. The number of H-pyrrole nitrogens is 1. The van der Waals surface area contributed by atoms with E-state index in [1.807, 2.05) is 12.1 Å². The molecule has 0 aliphatic heterocycles. The molecule has 0 radical (unpaired) electrons. The molecule has 0 unspecified atom stereocenters. The maximum Gasteiger partial charge on any atom is 0.416 e. The Morgan fingerprint density at radius 2 is 1.86 bits per heavy atom. The quantitative estimate of drug-likeness (QED) is 0.635. The highest BCUT2D eigenvalue weighted by Gasteiger charge is 2.31. The normalized spacial score (nSPS) is 11.2. The van der Waals surface area contributed by atoms with Crippen LogP contribution in [0.2, 0.25) is 0 Å². The Balaban J connectivity index is 1.64. The van der Waals surface area contributed by atoms with E-state index in [9.17, 15) is 22.8 Å². The summed E-state index contributed by atoms with van der Waals surface area (Å²) in [6, 6.07) is 11.0. The van der Waals surface area contributed by atoms with E-state index in [2.05, 4.69) is 15.3 Å². The van der Waals surface area contributed by atoms with Crippen LogP contribution in [0, 0.1) is 0 Å². The summed E-state index contributed by atoms with van der Waals surface area (Å²) >= 11 is 0. The number of carbonyl (C=O) groups is 2. The molecule has 0 aliphatic carbocycles. The topological polar surface area (TPSA) is 74.8 Å². The number of hydrogen-bond acceptors (Lipinski definition) is 3. The summed E-state index contributed by atoms with van der Waals surface area (Å²) in [7, 11) is 0. The van der Waals surface area contributed by atoms with E-state index in [1.165, 1.54) is 24.4 Å². The summed E-state index contributed by atoms with van der Waals surface area (Å²) in [6.45, 7) is 0.353. The molecule has 5 nitrogen and oxygen atoms in total. The summed E-state index contributed by atoms with van der Waals surface area (Å²) in [5.41, 5.74) is 0.0811. The predicted octanol–water partition coefficient (Wildman–Crippen LogP) is 3.63. The van der Waals surface area contributed by atoms with Gasteiger partial charge in [-0.05, 0) is 30.3 Å². The third-order valence-corrected chi connectivity index (χ3v) is 4.03. The molecule has 8 heteroatoms. The number of halogens is 3. The number of nitrogens with zero attached hydrogens (tertiary/aromatic N) is 1. The molecule has 0 atom stereocenters. The molecule has 0 aliphatic rings. The Labute approximate surface area is 158 Å². The number of hydrogen-bond donors (Lipinski definition) is 2. The lowest BCUT2D eigenvalue weighted by molar-refractivity contribution is -0.137. The molecule has 2 heterocycles. The van der Waals surface area contributed by atoms with Crippen LogP contribution in [0.4, 0.5) is 13.2 Å². The van der Waals surface area contributed by atoms with Gasteiger partial charge in [-0.15, -0.1) is 0 Å². The molecular formula is C20H16F3N3O2. The zero-order valence-electron chi connectivity index (χ0n) is 14.6. The van der Waals surface area contributed by atoms with Gasteiger partial charge >= 0.3 is 6.18 Å². The molecule has 144 valence electrons. The van der Waals surface area contributed by atoms with Gasteiger partial charge in [0.2, 0.25) is 0 Å². The number of rotatable bonds is 6. The minimum absolute atomic E-state index is 0.101. The Kier molecular flexibility index (Phi) is 5.58. The van der Waals surface area contributed by atoms with Crippen molar-refractivity contribution in [3.63, 3.8) is 0 Å². The maximum absolute atomic E-state index is 12.8. The average Bonchev–Trinajstić information content (AvgIpc) is 3.18. The summed E-state index contributed by atoms with van der Waals surface area (Å²) in [5, 5.41) is 2.70. The smallest absolute Gasteiger partial charge is 0.356 e. The van der Waals surface area contributed by atoms with Crippen molar-refractivity contribution in [2.24, 2.45) is 0 Å². The van der Waals surface area contributed by atoms with Gasteiger partial charge in [0.05, 0.1) is 5.56 Å². The lowest BCUT2D eigenvalue weighted by Gasteiger charge is -2.07. The van der Waals surface area contributed by atoms with Crippen LogP contribution in [-0.4, -0.2) is 28.2 Å². The number of aromatic nitrogens is 2. The van der Waals surface area contributed by atoms with E-state index in [0.717, 1.165) is 17.8 Å². The highest BCUT2D eigenvalue weighted by molar-refractivity contribution is 6.10. The lowest BCUT2D eigenvalue weighted by Crippen LogP contribution is -2.26. The predicted molar refractivity (Wildman–Crippen MR) is 95.9 cm³/mol. The summed E-state index contributed by atoms with van der Waals surface area (Å²) < 4.78 is 38.4. The van der Waals surface area contributed by atoms with Crippen molar-refractivity contribution in [2.75, 3.05) is 6.54 Å². The van der Waals surface area contributed by atoms with Crippen LogP contribution in [0.15, 0.2) is 60.9 Å². The second-order valence-corrected chi connectivity index (χ2v) is 6.04. The molecule has 1 amide bonds. The standard InChI is InChI=1S/C20H16F3N3O2/c21-20(22,23)15-5-3-4-13(10-15)18(27)14-11-17(26-12-14)19(28)25-9-7-16-6-1-2-8-24-16/h1-6,8,10-12,26H,7,9H2,(H,25,28). The van der Waals surface area contributed by atoms with E-state index in [-0.39, 0.29) is 16.8 Å². The highest BCUT2D eigenvalue weighted by atomic mass is 19.4. The zero-order chi connectivity index (χ0) is 20.1. The Morgan fingerprint density at radius 1 is 1.04 bits per heavy atom. The van der Waals surface area contributed by atoms with E-state index in [1.54, 1.807) is 12.3 Å². The SMILES string of the molecule is O=C(c1cccc(C(F)(F)F)c1)c1c[nH]c(C(=O)NCCc2ccccn2)c1. The Morgan fingerprint density at radius 3 is 2.57 bits per heavy atom. The van der Waals surface area contributed by atoms with Crippen LogP contribution in [0.1, 0.15) is 37.7 Å². The molecule has 0 fully saturated rings. The first-order valence-corrected chi connectivity index (χ1v) is 8.43. The minimum Gasteiger partial charge on any atom is -0.356 e. The van der Waals surface area contributed by atoms with Crippen molar-refractivity contribution >= 4 is 11.7 Å². The third-order valence-electron chi connectivity index (χ3n) is 4.03. The van der Waals surface area contributed by atoms with Gasteiger partial charge in [-0.25, -0.2) is 0 Å². The largest absolute Gasteiger partial charge is 0.416 e. The number of carbonyl (C=O) groups excluding carboxylic acids is 2. The van der Waals surface area contributed by atoms with E-state index in [4.69, 9.17) is 0 Å². The van der Waals surface area contributed by atoms with Crippen molar-refractivity contribution in [3.05, 3.63) is 89.0 Å². The number of amides is 1. The van der Waals surface area contributed by atoms with E-state index >= 15 is 0 Å². The summed E-state index contributed by atoms with van der Waals surface area (Å²) in [6.07, 6.45) is -1.03. The Hall–Kier alpha value is -3.42. The third kappa shape index (κ3) is 4.64. The lowest BCUT2D eigenvalue weighted by atomic mass is 10.0. The molecule has 1 aromatic carbocycles. The summed E-state index contributed by atoms with van der Waals surface area (Å²) in [5.74, 6) is -1.02.